The highest BCUT2D eigenvalue weighted by molar-refractivity contribution is 7.21. The van der Waals surface area contributed by atoms with Gasteiger partial charge in [-0.2, -0.15) is 0 Å². The highest BCUT2D eigenvalue weighted by Gasteiger charge is 2.26. The van der Waals surface area contributed by atoms with E-state index in [9.17, 15) is 4.79 Å². The van der Waals surface area contributed by atoms with E-state index in [0.29, 0.717) is 10.6 Å². The van der Waals surface area contributed by atoms with Crippen molar-refractivity contribution in [3.8, 4) is 0 Å². The molecular weight excluding hydrogens is 268 g/mol. The van der Waals surface area contributed by atoms with Crippen LogP contribution in [0.15, 0.2) is 24.3 Å². The smallest absolute Gasteiger partial charge is 0.263 e. The first kappa shape index (κ1) is 13.4. The summed E-state index contributed by atoms with van der Waals surface area (Å²) in [6, 6.07) is 8.19. The third-order valence-electron chi connectivity index (χ3n) is 3.98. The van der Waals surface area contributed by atoms with Gasteiger partial charge in [0, 0.05) is 16.1 Å². The molecule has 1 amide bonds. The minimum Gasteiger partial charge on any atom is -0.397 e. The zero-order valence-corrected chi connectivity index (χ0v) is 12.5. The first-order valence-corrected chi connectivity index (χ1v) is 8.08. The molecule has 1 aliphatic carbocycles. The van der Waals surface area contributed by atoms with E-state index in [2.05, 4.69) is 12.2 Å². The molecule has 3 nitrogen and oxygen atoms in total. The zero-order valence-electron chi connectivity index (χ0n) is 11.7. The average molecular weight is 288 g/mol. The van der Waals surface area contributed by atoms with Crippen LogP contribution in [0.1, 0.15) is 42.3 Å². The van der Waals surface area contributed by atoms with Crippen LogP contribution in [0.2, 0.25) is 0 Å². The van der Waals surface area contributed by atoms with Crippen LogP contribution in [-0.4, -0.2) is 11.9 Å². The molecule has 0 spiro atoms. The number of thiophene rings is 1. The van der Waals surface area contributed by atoms with Gasteiger partial charge in [-0.25, -0.2) is 0 Å². The molecule has 0 aliphatic heterocycles. The van der Waals surface area contributed by atoms with Gasteiger partial charge in [-0.3, -0.25) is 4.79 Å². The number of benzene rings is 1. The first-order chi connectivity index (χ1) is 9.69. The van der Waals surface area contributed by atoms with E-state index >= 15 is 0 Å². The summed E-state index contributed by atoms with van der Waals surface area (Å²) in [5.41, 5.74) is 6.74. The Hall–Kier alpha value is -1.55. The second kappa shape index (κ2) is 5.44. The quantitative estimate of drug-likeness (QED) is 0.879. The summed E-state index contributed by atoms with van der Waals surface area (Å²) >= 11 is 1.48. The number of anilines is 1. The lowest BCUT2D eigenvalue weighted by Crippen LogP contribution is -2.34. The number of carbonyl (C=O) groups is 1. The summed E-state index contributed by atoms with van der Waals surface area (Å²) in [6.45, 7) is 2.13. The zero-order chi connectivity index (χ0) is 14.1. The van der Waals surface area contributed by atoms with Crippen LogP contribution in [0, 0.1) is 5.92 Å². The van der Waals surface area contributed by atoms with E-state index in [1.54, 1.807) is 0 Å². The van der Waals surface area contributed by atoms with Gasteiger partial charge in [-0.1, -0.05) is 38.0 Å². The minimum atomic E-state index is -0.0174. The molecule has 0 bridgehead atoms. The molecule has 0 saturated heterocycles. The molecule has 2 aromatic rings. The number of rotatable bonds is 5. The van der Waals surface area contributed by atoms with E-state index < -0.39 is 0 Å². The summed E-state index contributed by atoms with van der Waals surface area (Å²) in [7, 11) is 0. The number of hydrogen-bond acceptors (Lipinski definition) is 3. The van der Waals surface area contributed by atoms with Crippen molar-refractivity contribution in [2.45, 2.75) is 38.6 Å². The number of nitrogen functional groups attached to an aromatic ring is 1. The van der Waals surface area contributed by atoms with Crippen molar-refractivity contribution in [1.29, 1.82) is 0 Å². The molecule has 1 saturated carbocycles. The predicted molar refractivity (Wildman–Crippen MR) is 85.1 cm³/mol. The molecule has 0 radical (unpaired) electrons. The summed E-state index contributed by atoms with van der Waals surface area (Å²) in [5.74, 6) is 0.802. The molecule has 1 heterocycles. The Balaban J connectivity index is 1.78. The lowest BCUT2D eigenvalue weighted by atomic mass is 10.1. The number of carbonyl (C=O) groups excluding carboxylic acids is 1. The molecule has 1 atom stereocenters. The Morgan fingerprint density at radius 2 is 2.20 bits per heavy atom. The van der Waals surface area contributed by atoms with Gasteiger partial charge in [-0.05, 0) is 24.8 Å². The lowest BCUT2D eigenvalue weighted by molar-refractivity contribution is 0.0937. The molecule has 20 heavy (non-hydrogen) atoms. The molecule has 1 aromatic heterocycles. The maximum Gasteiger partial charge on any atom is 0.263 e. The van der Waals surface area contributed by atoms with Gasteiger partial charge in [0.15, 0.2) is 0 Å². The second-order valence-electron chi connectivity index (χ2n) is 5.60. The Morgan fingerprint density at radius 3 is 2.85 bits per heavy atom. The van der Waals surface area contributed by atoms with Crippen LogP contribution in [0.4, 0.5) is 5.69 Å². The summed E-state index contributed by atoms with van der Waals surface area (Å²) in [5, 5.41) is 4.13. The van der Waals surface area contributed by atoms with Crippen LogP contribution in [0.5, 0.6) is 0 Å². The van der Waals surface area contributed by atoms with Gasteiger partial charge in [0.2, 0.25) is 0 Å². The van der Waals surface area contributed by atoms with E-state index in [-0.39, 0.29) is 11.9 Å². The largest absolute Gasteiger partial charge is 0.397 e. The van der Waals surface area contributed by atoms with E-state index in [4.69, 9.17) is 5.73 Å². The fraction of sp³-hybridized carbons (Fsp3) is 0.438. The van der Waals surface area contributed by atoms with Gasteiger partial charge in [0.05, 0.1) is 5.69 Å². The first-order valence-electron chi connectivity index (χ1n) is 7.27. The molecule has 3 N–H and O–H groups in total. The van der Waals surface area contributed by atoms with Crippen molar-refractivity contribution in [2.24, 2.45) is 5.92 Å². The normalized spacial score (nSPS) is 16.2. The molecule has 1 fully saturated rings. The van der Waals surface area contributed by atoms with Crippen molar-refractivity contribution in [3.63, 3.8) is 0 Å². The maximum atomic E-state index is 12.4. The van der Waals surface area contributed by atoms with Gasteiger partial charge in [-0.15, -0.1) is 11.3 Å². The van der Waals surface area contributed by atoms with Gasteiger partial charge < -0.3 is 11.1 Å². The highest BCUT2D eigenvalue weighted by atomic mass is 32.1. The van der Waals surface area contributed by atoms with Crippen LogP contribution in [0.25, 0.3) is 10.1 Å². The number of nitrogens with two attached hydrogens (primary N) is 1. The van der Waals surface area contributed by atoms with Crippen LogP contribution in [0.3, 0.4) is 0 Å². The summed E-state index contributed by atoms with van der Waals surface area (Å²) < 4.78 is 1.07. The van der Waals surface area contributed by atoms with Crippen molar-refractivity contribution in [2.75, 3.05) is 5.73 Å². The molecule has 4 heteroatoms. The number of hydrogen-bond donors (Lipinski definition) is 2. The van der Waals surface area contributed by atoms with Crippen LogP contribution in [-0.2, 0) is 0 Å². The third kappa shape index (κ3) is 2.66. The summed E-state index contributed by atoms with van der Waals surface area (Å²) in [4.78, 5) is 13.1. The van der Waals surface area contributed by atoms with E-state index in [0.717, 1.165) is 28.8 Å². The predicted octanol–water partition coefficient (Wildman–Crippen LogP) is 3.79. The Bertz CT molecular complexity index is 630. The van der Waals surface area contributed by atoms with Gasteiger partial charge >= 0.3 is 0 Å². The standard InChI is InChI=1S/C16H20N2OS/c1-2-11(9-10-7-8-10)18-16(19)15-14(17)12-5-3-4-6-13(12)20-15/h3-6,10-11H,2,7-9,17H2,1H3,(H,18,19). The fourth-order valence-corrected chi connectivity index (χ4v) is 3.59. The maximum absolute atomic E-state index is 12.4. The third-order valence-corrected chi connectivity index (χ3v) is 5.17. The number of amides is 1. The van der Waals surface area contributed by atoms with Crippen molar-refractivity contribution < 1.29 is 4.79 Å². The van der Waals surface area contributed by atoms with E-state index in [1.807, 2.05) is 24.3 Å². The molecule has 1 unspecified atom stereocenters. The highest BCUT2D eigenvalue weighted by Crippen LogP contribution is 2.35. The molecule has 106 valence electrons. The van der Waals surface area contributed by atoms with Crippen LogP contribution < -0.4 is 11.1 Å². The summed E-state index contributed by atoms with van der Waals surface area (Å²) in [6.07, 6.45) is 4.72. The molecule has 3 rings (SSSR count). The minimum absolute atomic E-state index is 0.0174. The van der Waals surface area contributed by atoms with Crippen molar-refractivity contribution in [1.82, 2.24) is 5.32 Å². The Labute approximate surface area is 123 Å². The Kier molecular flexibility index (Phi) is 3.66. The topological polar surface area (TPSA) is 55.1 Å². The SMILES string of the molecule is CCC(CC1CC1)NC(=O)c1sc2ccccc2c1N. The van der Waals surface area contributed by atoms with Gasteiger partial charge in [0.1, 0.15) is 4.88 Å². The monoisotopic (exact) mass is 288 g/mol. The fourth-order valence-electron chi connectivity index (χ4n) is 2.57. The lowest BCUT2D eigenvalue weighted by Gasteiger charge is -2.16. The molecular formula is C16H20N2OS. The molecule has 1 aliphatic rings. The number of fused-ring (bicyclic) bond motifs is 1. The number of nitrogens with one attached hydrogen (secondary N) is 1. The molecule has 1 aromatic carbocycles. The van der Waals surface area contributed by atoms with Crippen molar-refractivity contribution >= 4 is 33.0 Å². The van der Waals surface area contributed by atoms with Gasteiger partial charge in [0.25, 0.3) is 5.91 Å². The average Bonchev–Trinajstić information content (AvgIpc) is 3.21. The Morgan fingerprint density at radius 1 is 1.45 bits per heavy atom. The second-order valence-corrected chi connectivity index (χ2v) is 6.65. The van der Waals surface area contributed by atoms with E-state index in [1.165, 1.54) is 24.2 Å². The van der Waals surface area contributed by atoms with Crippen molar-refractivity contribution in [3.05, 3.63) is 29.1 Å². The van der Waals surface area contributed by atoms with Crippen LogP contribution >= 0.6 is 11.3 Å².